The summed E-state index contributed by atoms with van der Waals surface area (Å²) in [7, 11) is -2.26. The van der Waals surface area contributed by atoms with Crippen molar-refractivity contribution in [3.63, 3.8) is 0 Å². The van der Waals surface area contributed by atoms with Crippen molar-refractivity contribution in [2.45, 2.75) is 11.8 Å². The van der Waals surface area contributed by atoms with E-state index in [0.29, 0.717) is 11.4 Å². The number of rotatable bonds is 4. The molecule has 6 heteroatoms. The lowest BCUT2D eigenvalue weighted by Gasteiger charge is -2.12. The Labute approximate surface area is 129 Å². The van der Waals surface area contributed by atoms with Gasteiger partial charge in [-0.3, -0.25) is 4.72 Å². The smallest absolute Gasteiger partial charge is 0.265 e. The van der Waals surface area contributed by atoms with Crippen LogP contribution in [0.15, 0.2) is 53.6 Å². The largest absolute Gasteiger partial charge is 0.495 e. The molecule has 0 saturated carbocycles. The highest BCUT2D eigenvalue weighted by Crippen LogP contribution is 2.27. The van der Waals surface area contributed by atoms with Crippen molar-refractivity contribution in [3.8, 4) is 5.75 Å². The van der Waals surface area contributed by atoms with Crippen molar-refractivity contribution in [1.82, 2.24) is 4.98 Å². The average molecular weight is 316 g/mol. The molecule has 0 aliphatic carbocycles. The van der Waals surface area contributed by atoms with Crippen LogP contribution in [-0.4, -0.2) is 20.5 Å². The molecule has 0 radical (unpaired) electrons. The molecular formula is C16H16N2O3S. The van der Waals surface area contributed by atoms with Crippen LogP contribution in [0.1, 0.15) is 5.56 Å². The number of benzene rings is 2. The Bertz CT molecular complexity index is 929. The highest BCUT2D eigenvalue weighted by molar-refractivity contribution is 7.92. The lowest BCUT2D eigenvalue weighted by molar-refractivity contribution is 0.402. The van der Waals surface area contributed by atoms with E-state index in [4.69, 9.17) is 4.74 Å². The maximum absolute atomic E-state index is 12.6. The zero-order chi connectivity index (χ0) is 15.7. The van der Waals surface area contributed by atoms with Crippen LogP contribution < -0.4 is 9.46 Å². The number of aryl methyl sites for hydroxylation is 1. The van der Waals surface area contributed by atoms with Gasteiger partial charge in [0.2, 0.25) is 0 Å². The van der Waals surface area contributed by atoms with Crippen LogP contribution in [0.5, 0.6) is 5.75 Å². The molecule has 0 aliphatic heterocycles. The van der Waals surface area contributed by atoms with Crippen molar-refractivity contribution >= 4 is 26.6 Å². The van der Waals surface area contributed by atoms with Gasteiger partial charge in [0.1, 0.15) is 10.6 Å². The molecule has 2 N–H and O–H groups in total. The predicted molar refractivity (Wildman–Crippen MR) is 86.8 cm³/mol. The van der Waals surface area contributed by atoms with Gasteiger partial charge >= 0.3 is 0 Å². The van der Waals surface area contributed by atoms with Crippen LogP contribution in [0.3, 0.4) is 0 Å². The first kappa shape index (κ1) is 14.5. The van der Waals surface area contributed by atoms with Gasteiger partial charge in [-0.05, 0) is 48.9 Å². The van der Waals surface area contributed by atoms with E-state index in [-0.39, 0.29) is 4.90 Å². The van der Waals surface area contributed by atoms with E-state index < -0.39 is 10.0 Å². The maximum atomic E-state index is 12.6. The fraction of sp³-hybridized carbons (Fsp3) is 0.125. The lowest BCUT2D eigenvalue weighted by atomic mass is 10.2. The van der Waals surface area contributed by atoms with Crippen LogP contribution in [-0.2, 0) is 10.0 Å². The molecule has 3 rings (SSSR count). The van der Waals surface area contributed by atoms with E-state index in [1.807, 2.05) is 31.3 Å². The number of hydrogen-bond donors (Lipinski definition) is 2. The standard InChI is InChI=1S/C16H16N2O3S/c1-11-3-6-15(21-2)16(9-11)22(19,20)18-13-4-5-14-12(10-13)7-8-17-14/h3-10,17-18H,1-2H3. The Balaban J connectivity index is 2.01. The average Bonchev–Trinajstić information content (AvgIpc) is 2.94. The molecule has 114 valence electrons. The molecule has 0 aliphatic rings. The first-order chi connectivity index (χ1) is 10.5. The van der Waals surface area contributed by atoms with Gasteiger partial charge < -0.3 is 9.72 Å². The van der Waals surface area contributed by atoms with Gasteiger partial charge in [0.05, 0.1) is 7.11 Å². The molecule has 3 aromatic rings. The van der Waals surface area contributed by atoms with Gasteiger partial charge in [-0.15, -0.1) is 0 Å². The normalized spacial score (nSPS) is 11.5. The molecule has 22 heavy (non-hydrogen) atoms. The first-order valence-corrected chi connectivity index (χ1v) is 8.22. The topological polar surface area (TPSA) is 71.2 Å². The van der Waals surface area contributed by atoms with E-state index in [1.54, 1.807) is 24.3 Å². The van der Waals surface area contributed by atoms with Gasteiger partial charge in [-0.1, -0.05) is 6.07 Å². The number of H-pyrrole nitrogens is 1. The van der Waals surface area contributed by atoms with Crippen LogP contribution in [0.2, 0.25) is 0 Å². The molecule has 1 aromatic heterocycles. The summed E-state index contributed by atoms with van der Waals surface area (Å²) in [6.45, 7) is 1.84. The molecule has 0 bridgehead atoms. The Morgan fingerprint density at radius 2 is 1.91 bits per heavy atom. The molecule has 0 unspecified atom stereocenters. The molecule has 2 aromatic carbocycles. The van der Waals surface area contributed by atoms with E-state index in [1.165, 1.54) is 7.11 Å². The quantitative estimate of drug-likeness (QED) is 0.776. The van der Waals surface area contributed by atoms with Crippen molar-refractivity contribution in [2.24, 2.45) is 0 Å². The second-order valence-corrected chi connectivity index (χ2v) is 6.69. The fourth-order valence-corrected chi connectivity index (χ4v) is 3.63. The summed E-state index contributed by atoms with van der Waals surface area (Å²) >= 11 is 0. The third kappa shape index (κ3) is 2.65. The summed E-state index contributed by atoms with van der Waals surface area (Å²) in [5, 5.41) is 0.941. The fourth-order valence-electron chi connectivity index (χ4n) is 2.32. The van der Waals surface area contributed by atoms with E-state index in [0.717, 1.165) is 16.5 Å². The Kier molecular flexibility index (Phi) is 3.54. The van der Waals surface area contributed by atoms with Crippen LogP contribution in [0, 0.1) is 6.92 Å². The highest BCUT2D eigenvalue weighted by atomic mass is 32.2. The van der Waals surface area contributed by atoms with Gasteiger partial charge in [0.15, 0.2) is 0 Å². The van der Waals surface area contributed by atoms with E-state index in [2.05, 4.69) is 9.71 Å². The van der Waals surface area contributed by atoms with Gasteiger partial charge in [0, 0.05) is 22.8 Å². The number of fused-ring (bicyclic) bond motifs is 1. The second-order valence-electron chi connectivity index (χ2n) is 5.04. The predicted octanol–water partition coefficient (Wildman–Crippen LogP) is 3.29. The monoisotopic (exact) mass is 316 g/mol. The van der Waals surface area contributed by atoms with Crippen molar-refractivity contribution in [2.75, 3.05) is 11.8 Å². The molecule has 1 heterocycles. The zero-order valence-electron chi connectivity index (χ0n) is 12.3. The summed E-state index contributed by atoms with van der Waals surface area (Å²) in [6, 6.07) is 12.3. The second kappa shape index (κ2) is 5.38. The summed E-state index contributed by atoms with van der Waals surface area (Å²) in [4.78, 5) is 3.20. The number of anilines is 1. The van der Waals surface area contributed by atoms with Crippen LogP contribution >= 0.6 is 0 Å². The molecule has 0 atom stereocenters. The molecule has 5 nitrogen and oxygen atoms in total. The molecule has 0 fully saturated rings. The third-order valence-corrected chi connectivity index (χ3v) is 4.82. The molecule has 0 saturated heterocycles. The number of sulfonamides is 1. The maximum Gasteiger partial charge on any atom is 0.265 e. The van der Waals surface area contributed by atoms with Crippen molar-refractivity contribution in [3.05, 3.63) is 54.2 Å². The summed E-state index contributed by atoms with van der Waals surface area (Å²) < 4.78 is 33.0. The number of ether oxygens (including phenoxy) is 1. The molecule has 0 amide bonds. The lowest BCUT2D eigenvalue weighted by Crippen LogP contribution is -2.14. The number of aromatic amines is 1. The summed E-state index contributed by atoms with van der Waals surface area (Å²) in [6.07, 6.45) is 1.81. The minimum atomic E-state index is -3.72. The highest BCUT2D eigenvalue weighted by Gasteiger charge is 2.20. The number of hydrogen-bond acceptors (Lipinski definition) is 3. The Morgan fingerprint density at radius 3 is 2.68 bits per heavy atom. The van der Waals surface area contributed by atoms with Crippen molar-refractivity contribution < 1.29 is 13.2 Å². The van der Waals surface area contributed by atoms with Gasteiger partial charge in [-0.25, -0.2) is 8.42 Å². The summed E-state index contributed by atoms with van der Waals surface area (Å²) in [5.41, 5.74) is 2.31. The van der Waals surface area contributed by atoms with E-state index >= 15 is 0 Å². The number of aromatic nitrogens is 1. The van der Waals surface area contributed by atoms with Crippen molar-refractivity contribution in [1.29, 1.82) is 0 Å². The Morgan fingerprint density at radius 1 is 1.09 bits per heavy atom. The van der Waals surface area contributed by atoms with Crippen LogP contribution in [0.4, 0.5) is 5.69 Å². The Hall–Kier alpha value is -2.47. The molecule has 0 spiro atoms. The third-order valence-electron chi connectivity index (χ3n) is 3.41. The van der Waals surface area contributed by atoms with Crippen LogP contribution in [0.25, 0.3) is 10.9 Å². The molecular weight excluding hydrogens is 300 g/mol. The number of nitrogens with one attached hydrogen (secondary N) is 2. The summed E-state index contributed by atoms with van der Waals surface area (Å²) in [5.74, 6) is 0.320. The minimum Gasteiger partial charge on any atom is -0.495 e. The number of methoxy groups -OCH3 is 1. The SMILES string of the molecule is COc1ccc(C)cc1S(=O)(=O)Nc1ccc2[nH]ccc2c1. The zero-order valence-corrected chi connectivity index (χ0v) is 13.1. The van der Waals surface area contributed by atoms with Gasteiger partial charge in [-0.2, -0.15) is 0 Å². The van der Waals surface area contributed by atoms with Gasteiger partial charge in [0.25, 0.3) is 10.0 Å². The van der Waals surface area contributed by atoms with E-state index in [9.17, 15) is 8.42 Å². The first-order valence-electron chi connectivity index (χ1n) is 6.74. The minimum absolute atomic E-state index is 0.129.